The molecular formula is C23H28ClF2N. The van der Waals surface area contributed by atoms with E-state index in [1.807, 2.05) is 12.1 Å². The molecule has 0 unspecified atom stereocenters. The van der Waals surface area contributed by atoms with Crippen LogP contribution in [0.5, 0.6) is 0 Å². The quantitative estimate of drug-likeness (QED) is 0.345. The van der Waals surface area contributed by atoms with E-state index in [9.17, 15) is 8.78 Å². The molecule has 0 spiro atoms. The second kappa shape index (κ2) is 9.64. The third kappa shape index (κ3) is 5.28. The minimum atomic E-state index is -1.16. The number of rotatable bonds is 7. The van der Waals surface area contributed by atoms with Gasteiger partial charge in [0.2, 0.25) is 5.95 Å². The molecule has 1 aromatic heterocycles. The van der Waals surface area contributed by atoms with Crippen LogP contribution in [-0.2, 0) is 0 Å². The summed E-state index contributed by atoms with van der Waals surface area (Å²) in [4.78, 5) is 3.43. The van der Waals surface area contributed by atoms with Gasteiger partial charge in [-0.1, -0.05) is 74.9 Å². The van der Waals surface area contributed by atoms with E-state index in [1.165, 1.54) is 63.4 Å². The monoisotopic (exact) mass is 391 g/mol. The van der Waals surface area contributed by atoms with Crippen LogP contribution in [0.1, 0.15) is 76.2 Å². The van der Waals surface area contributed by atoms with Crippen molar-refractivity contribution in [3.8, 4) is 11.1 Å². The van der Waals surface area contributed by atoms with Crippen LogP contribution in [0.2, 0.25) is 5.15 Å². The molecule has 1 nitrogen and oxygen atoms in total. The Bertz CT molecular complexity index is 737. The van der Waals surface area contributed by atoms with Crippen molar-refractivity contribution in [3.63, 3.8) is 0 Å². The maximum atomic E-state index is 13.5. The summed E-state index contributed by atoms with van der Waals surface area (Å²) in [5.41, 5.74) is 2.52. The number of aromatic nitrogens is 1. The molecule has 0 radical (unpaired) electrons. The summed E-state index contributed by atoms with van der Waals surface area (Å²) in [7, 11) is 0. The van der Waals surface area contributed by atoms with Crippen LogP contribution in [0.15, 0.2) is 30.3 Å². The molecule has 0 saturated heterocycles. The topological polar surface area (TPSA) is 12.9 Å². The number of pyridine rings is 1. The van der Waals surface area contributed by atoms with Gasteiger partial charge in [-0.3, -0.25) is 0 Å². The average molecular weight is 392 g/mol. The van der Waals surface area contributed by atoms with E-state index in [-0.39, 0.29) is 5.15 Å². The first kappa shape index (κ1) is 20.3. The largest absolute Gasteiger partial charge is 0.250 e. The Morgan fingerprint density at radius 2 is 1.70 bits per heavy atom. The molecule has 1 fully saturated rings. The first-order valence-corrected chi connectivity index (χ1v) is 10.6. The summed E-state index contributed by atoms with van der Waals surface area (Å²) in [6, 6.07) is 9.18. The molecule has 0 bridgehead atoms. The van der Waals surface area contributed by atoms with Crippen LogP contribution in [0, 0.1) is 17.7 Å². The van der Waals surface area contributed by atoms with Crippen molar-refractivity contribution in [2.75, 3.05) is 0 Å². The molecule has 2 aromatic rings. The number of nitrogens with zero attached hydrogens (tertiary/aromatic N) is 1. The van der Waals surface area contributed by atoms with Crippen LogP contribution >= 0.6 is 11.6 Å². The summed E-state index contributed by atoms with van der Waals surface area (Å²) >= 11 is 5.98. The standard InChI is InChI=1S/C23H28ClF2N/c1-2-3-4-5-6-16-7-9-17(10-8-16)18-11-13-19(14-12-18)20-15-21(25)23(26)27-22(20)24/h11-17H,2-10H2,1H3/t16-,17-. The van der Waals surface area contributed by atoms with Crippen LogP contribution in [0.4, 0.5) is 8.78 Å². The van der Waals surface area contributed by atoms with E-state index in [0.717, 1.165) is 17.5 Å². The maximum absolute atomic E-state index is 13.5. The number of benzene rings is 1. The lowest BCUT2D eigenvalue weighted by Crippen LogP contribution is -2.13. The third-order valence-corrected chi connectivity index (χ3v) is 6.18. The Morgan fingerprint density at radius 3 is 2.37 bits per heavy atom. The summed E-state index contributed by atoms with van der Waals surface area (Å²) < 4.78 is 26.6. The molecule has 0 amide bonds. The van der Waals surface area contributed by atoms with Gasteiger partial charge in [-0.2, -0.15) is 4.39 Å². The lowest BCUT2D eigenvalue weighted by atomic mass is 9.77. The third-order valence-electron chi connectivity index (χ3n) is 5.89. The Balaban J connectivity index is 1.58. The SMILES string of the molecule is CCCCCC[C@H]1CC[C@H](c2ccc(-c3cc(F)c(F)nc3Cl)cc2)CC1. The molecular weight excluding hydrogens is 364 g/mol. The molecule has 0 N–H and O–H groups in total. The smallest absolute Gasteiger partial charge is 0.205 e. The molecule has 27 heavy (non-hydrogen) atoms. The number of hydrogen-bond acceptors (Lipinski definition) is 1. The van der Waals surface area contributed by atoms with Gasteiger partial charge in [0, 0.05) is 5.56 Å². The van der Waals surface area contributed by atoms with Gasteiger partial charge in [-0.05, 0) is 54.7 Å². The molecule has 1 aliphatic carbocycles. The fourth-order valence-electron chi connectivity index (χ4n) is 4.23. The lowest BCUT2D eigenvalue weighted by Gasteiger charge is -2.29. The summed E-state index contributed by atoms with van der Waals surface area (Å²) in [5.74, 6) is -0.642. The molecule has 1 aromatic carbocycles. The molecule has 1 saturated carbocycles. The minimum absolute atomic E-state index is 0.00905. The Kier molecular flexibility index (Phi) is 7.23. The van der Waals surface area contributed by atoms with Crippen molar-refractivity contribution in [3.05, 3.63) is 52.8 Å². The van der Waals surface area contributed by atoms with Gasteiger partial charge in [-0.25, -0.2) is 9.37 Å². The van der Waals surface area contributed by atoms with E-state index in [4.69, 9.17) is 11.6 Å². The zero-order valence-corrected chi connectivity index (χ0v) is 16.7. The molecule has 1 aliphatic rings. The van der Waals surface area contributed by atoms with Crippen LogP contribution < -0.4 is 0 Å². The Morgan fingerprint density at radius 1 is 1.00 bits per heavy atom. The van der Waals surface area contributed by atoms with E-state index in [1.54, 1.807) is 0 Å². The highest BCUT2D eigenvalue weighted by molar-refractivity contribution is 6.32. The van der Waals surface area contributed by atoms with Crippen LogP contribution in [0.25, 0.3) is 11.1 Å². The molecule has 3 rings (SSSR count). The van der Waals surface area contributed by atoms with Gasteiger partial charge < -0.3 is 0 Å². The highest BCUT2D eigenvalue weighted by Gasteiger charge is 2.22. The van der Waals surface area contributed by atoms with E-state index < -0.39 is 11.8 Å². The Labute approximate surface area is 166 Å². The molecule has 4 heteroatoms. The zero-order chi connectivity index (χ0) is 19.2. The van der Waals surface area contributed by atoms with Gasteiger partial charge in [0.05, 0.1) is 0 Å². The Hall–Kier alpha value is -1.48. The predicted octanol–water partition coefficient (Wildman–Crippen LogP) is 7.92. The van der Waals surface area contributed by atoms with Crippen molar-refractivity contribution in [2.24, 2.45) is 5.92 Å². The molecule has 146 valence electrons. The second-order valence-corrected chi connectivity index (χ2v) is 8.15. The van der Waals surface area contributed by atoms with E-state index >= 15 is 0 Å². The zero-order valence-electron chi connectivity index (χ0n) is 16.0. The van der Waals surface area contributed by atoms with Gasteiger partial charge in [0.25, 0.3) is 0 Å². The van der Waals surface area contributed by atoms with E-state index in [2.05, 4.69) is 24.0 Å². The number of halogens is 3. The highest BCUT2D eigenvalue weighted by Crippen LogP contribution is 2.38. The fourth-order valence-corrected chi connectivity index (χ4v) is 4.47. The van der Waals surface area contributed by atoms with E-state index in [0.29, 0.717) is 11.5 Å². The fraction of sp³-hybridized carbons (Fsp3) is 0.522. The predicted molar refractivity (Wildman–Crippen MR) is 108 cm³/mol. The van der Waals surface area contributed by atoms with Crippen molar-refractivity contribution in [1.82, 2.24) is 4.98 Å². The van der Waals surface area contributed by atoms with Gasteiger partial charge >= 0.3 is 0 Å². The van der Waals surface area contributed by atoms with Gasteiger partial charge in [-0.15, -0.1) is 0 Å². The summed E-state index contributed by atoms with van der Waals surface area (Å²) in [6.45, 7) is 2.26. The minimum Gasteiger partial charge on any atom is -0.205 e. The summed E-state index contributed by atoms with van der Waals surface area (Å²) in [6.07, 6.45) is 11.9. The second-order valence-electron chi connectivity index (χ2n) is 7.79. The number of hydrogen-bond donors (Lipinski definition) is 0. The first-order valence-electron chi connectivity index (χ1n) is 10.2. The first-order chi connectivity index (χ1) is 13.1. The van der Waals surface area contributed by atoms with Gasteiger partial charge in [0.1, 0.15) is 5.15 Å². The van der Waals surface area contributed by atoms with Gasteiger partial charge in [0.15, 0.2) is 5.82 Å². The van der Waals surface area contributed by atoms with Crippen molar-refractivity contribution in [2.45, 2.75) is 70.6 Å². The molecule has 1 heterocycles. The average Bonchev–Trinajstić information content (AvgIpc) is 2.69. The normalized spacial score (nSPS) is 20.0. The lowest BCUT2D eigenvalue weighted by molar-refractivity contribution is 0.302. The van der Waals surface area contributed by atoms with Crippen LogP contribution in [0.3, 0.4) is 0 Å². The maximum Gasteiger partial charge on any atom is 0.250 e. The van der Waals surface area contributed by atoms with Crippen LogP contribution in [-0.4, -0.2) is 4.98 Å². The molecule has 0 atom stereocenters. The van der Waals surface area contributed by atoms with Crippen molar-refractivity contribution < 1.29 is 8.78 Å². The van der Waals surface area contributed by atoms with Crippen molar-refractivity contribution in [1.29, 1.82) is 0 Å². The summed E-state index contributed by atoms with van der Waals surface area (Å²) in [5, 5.41) is -0.00905. The van der Waals surface area contributed by atoms with Crippen molar-refractivity contribution >= 4 is 11.6 Å². The number of unbranched alkanes of at least 4 members (excludes halogenated alkanes) is 3. The highest BCUT2D eigenvalue weighted by atomic mass is 35.5. The molecule has 0 aliphatic heterocycles.